The molecule has 1 aromatic carbocycles. The molecule has 126 valence electrons. The molecule has 0 aromatic heterocycles. The Labute approximate surface area is 138 Å². The molecule has 1 rings (SSSR count). The zero-order valence-corrected chi connectivity index (χ0v) is 14.4. The monoisotopic (exact) mass is 330 g/mol. The van der Waals surface area contributed by atoms with Crippen LogP contribution in [0.25, 0.3) is 0 Å². The lowest BCUT2D eigenvalue weighted by atomic mass is 10.2. The molecular weight excluding hydrogens is 304 g/mol. The van der Waals surface area contributed by atoms with E-state index in [2.05, 4.69) is 10.6 Å². The van der Waals surface area contributed by atoms with Crippen LogP contribution in [0, 0.1) is 0 Å². The third kappa shape index (κ3) is 6.83. The summed E-state index contributed by atoms with van der Waals surface area (Å²) < 4.78 is 11.4. The maximum atomic E-state index is 8.68. The van der Waals surface area contributed by atoms with E-state index < -0.39 is 0 Å². The Morgan fingerprint density at radius 1 is 1.14 bits per heavy atom. The molecule has 0 saturated carbocycles. The average Bonchev–Trinajstić information content (AvgIpc) is 2.46. The van der Waals surface area contributed by atoms with Crippen molar-refractivity contribution in [3.63, 3.8) is 0 Å². The Hall–Kier alpha value is -1.01. The first-order valence-electron chi connectivity index (χ1n) is 7.72. The minimum atomic E-state index is 0.0665. The Morgan fingerprint density at radius 3 is 2.50 bits per heavy atom. The van der Waals surface area contributed by atoms with Crippen molar-refractivity contribution in [1.29, 1.82) is 0 Å². The van der Waals surface area contributed by atoms with Crippen molar-refractivity contribution < 1.29 is 14.6 Å². The first-order valence-corrected chi connectivity index (χ1v) is 8.10. The second-order valence-electron chi connectivity index (χ2n) is 5.14. The molecule has 6 heteroatoms. The highest BCUT2D eigenvalue weighted by molar-refractivity contribution is 6.31. The van der Waals surface area contributed by atoms with Gasteiger partial charge in [-0.1, -0.05) is 11.6 Å². The van der Waals surface area contributed by atoms with Gasteiger partial charge in [0, 0.05) is 37.3 Å². The smallest absolute Gasteiger partial charge is 0.163 e. The number of aliphatic hydroxyl groups is 1. The van der Waals surface area contributed by atoms with E-state index >= 15 is 0 Å². The fourth-order valence-electron chi connectivity index (χ4n) is 1.93. The van der Waals surface area contributed by atoms with E-state index in [9.17, 15) is 0 Å². The normalized spacial score (nSPS) is 11.0. The topological polar surface area (TPSA) is 62.8 Å². The average molecular weight is 331 g/mol. The van der Waals surface area contributed by atoms with E-state index in [1.54, 1.807) is 0 Å². The Bertz CT molecular complexity index is 442. The number of rotatable bonds is 11. The summed E-state index contributed by atoms with van der Waals surface area (Å²) in [4.78, 5) is 0. The van der Waals surface area contributed by atoms with E-state index in [4.69, 9.17) is 26.2 Å². The number of nitrogens with one attached hydrogen (secondary N) is 2. The minimum Gasteiger partial charge on any atom is -0.490 e. The van der Waals surface area contributed by atoms with E-state index in [-0.39, 0.29) is 12.7 Å². The van der Waals surface area contributed by atoms with Crippen molar-refractivity contribution in [2.75, 3.05) is 32.8 Å². The summed E-state index contributed by atoms with van der Waals surface area (Å²) in [5.41, 5.74) is 0.975. The van der Waals surface area contributed by atoms with Crippen LogP contribution in [0.2, 0.25) is 5.02 Å². The SMILES string of the molecule is CCOc1cc(CNCCNCCO)c(Cl)cc1OC(C)C. The molecule has 0 saturated heterocycles. The van der Waals surface area contributed by atoms with Crippen molar-refractivity contribution in [1.82, 2.24) is 10.6 Å². The predicted molar refractivity (Wildman–Crippen MR) is 90.0 cm³/mol. The molecule has 0 amide bonds. The number of halogens is 1. The highest BCUT2D eigenvalue weighted by Crippen LogP contribution is 2.34. The summed E-state index contributed by atoms with van der Waals surface area (Å²) >= 11 is 6.32. The van der Waals surface area contributed by atoms with Crippen molar-refractivity contribution in [2.45, 2.75) is 33.4 Å². The third-order valence-corrected chi connectivity index (χ3v) is 3.21. The van der Waals surface area contributed by atoms with Gasteiger partial charge >= 0.3 is 0 Å². The minimum absolute atomic E-state index is 0.0665. The highest BCUT2D eigenvalue weighted by Gasteiger charge is 2.12. The standard InChI is InChI=1S/C16H27ClN2O3/c1-4-21-15-9-13(11-19-6-5-18-7-8-20)14(17)10-16(15)22-12(2)3/h9-10,12,18-20H,4-8,11H2,1-3H3. The van der Waals surface area contributed by atoms with Gasteiger partial charge in [0.2, 0.25) is 0 Å². The molecule has 0 atom stereocenters. The van der Waals surface area contributed by atoms with E-state index in [1.165, 1.54) is 0 Å². The largest absolute Gasteiger partial charge is 0.490 e. The number of benzene rings is 1. The number of ether oxygens (including phenoxy) is 2. The molecule has 3 N–H and O–H groups in total. The quantitative estimate of drug-likeness (QED) is 0.543. The van der Waals surface area contributed by atoms with Gasteiger partial charge in [-0.2, -0.15) is 0 Å². The molecule has 0 aliphatic carbocycles. The van der Waals surface area contributed by atoms with Crippen molar-refractivity contribution >= 4 is 11.6 Å². The molecule has 0 aliphatic heterocycles. The van der Waals surface area contributed by atoms with Crippen LogP contribution in [0.4, 0.5) is 0 Å². The van der Waals surface area contributed by atoms with Gasteiger partial charge in [-0.05, 0) is 32.4 Å². The Morgan fingerprint density at radius 2 is 1.86 bits per heavy atom. The Kier molecular flexibility index (Phi) is 9.24. The molecule has 0 unspecified atom stereocenters. The maximum Gasteiger partial charge on any atom is 0.163 e. The molecular formula is C16H27ClN2O3. The van der Waals surface area contributed by atoms with Crippen molar-refractivity contribution in [3.8, 4) is 11.5 Å². The fraction of sp³-hybridized carbons (Fsp3) is 0.625. The van der Waals surface area contributed by atoms with Crippen LogP contribution < -0.4 is 20.1 Å². The van der Waals surface area contributed by atoms with Gasteiger partial charge in [0.1, 0.15) is 0 Å². The molecule has 0 aliphatic rings. The number of aliphatic hydroxyl groups excluding tert-OH is 1. The summed E-state index contributed by atoms with van der Waals surface area (Å²) in [6, 6.07) is 3.74. The van der Waals surface area contributed by atoms with Crippen LogP contribution in [-0.2, 0) is 6.54 Å². The van der Waals surface area contributed by atoms with Crippen LogP contribution >= 0.6 is 11.6 Å². The zero-order chi connectivity index (χ0) is 16.4. The Balaban J connectivity index is 2.64. The lowest BCUT2D eigenvalue weighted by Gasteiger charge is -2.17. The first kappa shape index (κ1) is 19.0. The van der Waals surface area contributed by atoms with Crippen molar-refractivity contribution in [2.24, 2.45) is 0 Å². The van der Waals surface area contributed by atoms with Crippen LogP contribution in [0.5, 0.6) is 11.5 Å². The van der Waals surface area contributed by atoms with Gasteiger partial charge in [-0.25, -0.2) is 0 Å². The second kappa shape index (κ2) is 10.7. The zero-order valence-electron chi connectivity index (χ0n) is 13.6. The van der Waals surface area contributed by atoms with Gasteiger partial charge < -0.3 is 25.2 Å². The predicted octanol–water partition coefficient (Wildman–Crippen LogP) is 2.20. The summed E-state index contributed by atoms with van der Waals surface area (Å²) in [5.74, 6) is 1.39. The molecule has 1 aromatic rings. The van der Waals surface area contributed by atoms with Gasteiger partial charge in [0.15, 0.2) is 11.5 Å². The van der Waals surface area contributed by atoms with Crippen LogP contribution in [0.3, 0.4) is 0 Å². The molecule has 0 radical (unpaired) electrons. The van der Waals surface area contributed by atoms with Crippen LogP contribution in [-0.4, -0.2) is 44.1 Å². The molecule has 22 heavy (non-hydrogen) atoms. The summed E-state index contributed by atoms with van der Waals surface area (Å²) in [6.07, 6.45) is 0.0665. The summed E-state index contributed by atoms with van der Waals surface area (Å²) in [5, 5.41) is 15.8. The molecule has 0 bridgehead atoms. The van der Waals surface area contributed by atoms with E-state index in [0.717, 1.165) is 24.4 Å². The molecule has 0 fully saturated rings. The van der Waals surface area contributed by atoms with Crippen LogP contribution in [0.1, 0.15) is 26.3 Å². The highest BCUT2D eigenvalue weighted by atomic mass is 35.5. The lowest BCUT2D eigenvalue weighted by Crippen LogP contribution is -2.28. The molecule has 5 nitrogen and oxygen atoms in total. The van der Waals surface area contributed by atoms with Gasteiger partial charge in [-0.3, -0.25) is 0 Å². The lowest BCUT2D eigenvalue weighted by molar-refractivity contribution is 0.223. The van der Waals surface area contributed by atoms with Gasteiger partial charge in [0.05, 0.1) is 19.3 Å². The molecule has 0 spiro atoms. The molecule has 0 heterocycles. The second-order valence-corrected chi connectivity index (χ2v) is 5.55. The van der Waals surface area contributed by atoms with Crippen LogP contribution in [0.15, 0.2) is 12.1 Å². The van der Waals surface area contributed by atoms with E-state index in [1.807, 2.05) is 32.9 Å². The number of hydrogen-bond donors (Lipinski definition) is 3. The fourth-order valence-corrected chi connectivity index (χ4v) is 2.15. The summed E-state index contributed by atoms with van der Waals surface area (Å²) in [7, 11) is 0. The third-order valence-electron chi connectivity index (χ3n) is 2.86. The first-order chi connectivity index (χ1) is 10.6. The van der Waals surface area contributed by atoms with Crippen molar-refractivity contribution in [3.05, 3.63) is 22.7 Å². The maximum absolute atomic E-state index is 8.68. The summed E-state index contributed by atoms with van der Waals surface area (Å²) in [6.45, 7) is 9.47. The van der Waals surface area contributed by atoms with Gasteiger partial charge in [-0.15, -0.1) is 0 Å². The number of hydrogen-bond acceptors (Lipinski definition) is 5. The van der Waals surface area contributed by atoms with E-state index in [0.29, 0.717) is 30.5 Å². The van der Waals surface area contributed by atoms with Gasteiger partial charge in [0.25, 0.3) is 0 Å².